The van der Waals surface area contributed by atoms with Gasteiger partial charge in [-0.05, 0) is 50.1 Å². The van der Waals surface area contributed by atoms with Gasteiger partial charge in [0, 0.05) is 25.6 Å². The summed E-state index contributed by atoms with van der Waals surface area (Å²) in [6, 6.07) is 13.9. The van der Waals surface area contributed by atoms with E-state index in [0.717, 1.165) is 24.1 Å². The van der Waals surface area contributed by atoms with Gasteiger partial charge in [-0.1, -0.05) is 42.5 Å². The molecule has 1 aliphatic heterocycles. The van der Waals surface area contributed by atoms with Crippen molar-refractivity contribution in [2.24, 2.45) is 0 Å². The lowest BCUT2D eigenvalue weighted by molar-refractivity contribution is -0.137. The smallest absolute Gasteiger partial charge is 0.294 e. The largest absolute Gasteiger partial charge is 0.343 e. The van der Waals surface area contributed by atoms with E-state index >= 15 is 0 Å². The maximum atomic E-state index is 13.9. The third-order valence-electron chi connectivity index (χ3n) is 6.91. The summed E-state index contributed by atoms with van der Waals surface area (Å²) in [6.07, 6.45) is 5.72. The molecule has 0 aliphatic carbocycles. The number of hydrogen-bond donors (Lipinski definition) is 3. The molecule has 2 amide bonds. The van der Waals surface area contributed by atoms with Crippen molar-refractivity contribution in [1.82, 2.24) is 25.5 Å². The van der Waals surface area contributed by atoms with E-state index < -0.39 is 22.2 Å². The highest BCUT2D eigenvalue weighted by atomic mass is 32.2. The van der Waals surface area contributed by atoms with Crippen LogP contribution in [0.15, 0.2) is 71.9 Å². The van der Waals surface area contributed by atoms with Gasteiger partial charge in [-0.2, -0.15) is 8.42 Å². The first kappa shape index (κ1) is 28.3. The summed E-state index contributed by atoms with van der Waals surface area (Å²) in [4.78, 5) is 37.4. The number of amides is 2. The first-order valence-corrected chi connectivity index (χ1v) is 14.3. The van der Waals surface area contributed by atoms with Crippen LogP contribution in [0.25, 0.3) is 0 Å². The summed E-state index contributed by atoms with van der Waals surface area (Å²) in [6.45, 7) is 2.22. The van der Waals surface area contributed by atoms with Crippen molar-refractivity contribution in [3.05, 3.63) is 89.5 Å². The zero-order chi connectivity index (χ0) is 28.0. The van der Waals surface area contributed by atoms with Gasteiger partial charge >= 0.3 is 0 Å². The molecule has 0 radical (unpaired) electrons. The second-order valence-electron chi connectivity index (χ2n) is 9.68. The average Bonchev–Trinajstić information content (AvgIpc) is 3.42. The summed E-state index contributed by atoms with van der Waals surface area (Å²) in [5.74, 6) is -0.575. The van der Waals surface area contributed by atoms with Crippen LogP contribution < -0.4 is 10.6 Å². The molecule has 11 heteroatoms. The van der Waals surface area contributed by atoms with Crippen molar-refractivity contribution in [3.8, 4) is 0 Å². The maximum Gasteiger partial charge on any atom is 0.294 e. The van der Waals surface area contributed by atoms with Crippen molar-refractivity contribution in [2.45, 2.75) is 55.6 Å². The van der Waals surface area contributed by atoms with Crippen LogP contribution in [0.2, 0.25) is 0 Å². The Morgan fingerprint density at radius 3 is 2.46 bits per heavy atom. The van der Waals surface area contributed by atoms with Crippen LogP contribution in [0, 0.1) is 0 Å². The van der Waals surface area contributed by atoms with E-state index in [2.05, 4.69) is 15.6 Å². The standard InChI is InChI=1S/C28H33N5O5S/c1-19(29-2)27(34)32-24(16-21-10-12-23(13-11-21)39(36,37)38)28(35)33-14-6-9-26(33)25-18-30-17-22(31-25)15-20-7-4-3-5-8-20/h3-5,7-8,10-13,17-19,24,26,29H,6,9,14-16H2,1-2H3,(H,32,34)(H,36,37,38)/t19-,24-,26+/m0/s1. The Labute approximate surface area is 228 Å². The topological polar surface area (TPSA) is 142 Å². The summed E-state index contributed by atoms with van der Waals surface area (Å²) in [5, 5.41) is 5.74. The highest BCUT2D eigenvalue weighted by Crippen LogP contribution is 2.31. The van der Waals surface area contributed by atoms with E-state index in [9.17, 15) is 22.6 Å². The highest BCUT2D eigenvalue weighted by molar-refractivity contribution is 7.85. The molecule has 1 fully saturated rings. The van der Waals surface area contributed by atoms with Crippen molar-refractivity contribution in [2.75, 3.05) is 13.6 Å². The molecule has 3 aromatic rings. The van der Waals surface area contributed by atoms with Gasteiger partial charge in [0.25, 0.3) is 10.1 Å². The van der Waals surface area contributed by atoms with E-state index in [1.54, 1.807) is 31.3 Å². The first-order valence-electron chi connectivity index (χ1n) is 12.8. The van der Waals surface area contributed by atoms with Gasteiger partial charge in [-0.3, -0.25) is 24.1 Å². The predicted molar refractivity (Wildman–Crippen MR) is 145 cm³/mol. The second kappa shape index (κ2) is 12.5. The van der Waals surface area contributed by atoms with Crippen LogP contribution in [-0.4, -0.2) is 65.3 Å². The van der Waals surface area contributed by atoms with Crippen molar-refractivity contribution >= 4 is 21.9 Å². The van der Waals surface area contributed by atoms with Crippen LogP contribution in [0.3, 0.4) is 0 Å². The fourth-order valence-corrected chi connectivity index (χ4v) is 5.15. The molecule has 0 saturated carbocycles. The van der Waals surface area contributed by atoms with E-state index in [4.69, 9.17) is 4.98 Å². The van der Waals surface area contributed by atoms with Gasteiger partial charge in [-0.25, -0.2) is 0 Å². The predicted octanol–water partition coefficient (Wildman–Crippen LogP) is 2.31. The van der Waals surface area contributed by atoms with Gasteiger partial charge in [-0.15, -0.1) is 0 Å². The van der Waals surface area contributed by atoms with Crippen LogP contribution in [0.5, 0.6) is 0 Å². The normalized spacial score (nSPS) is 17.0. The molecule has 1 aromatic heterocycles. The molecule has 39 heavy (non-hydrogen) atoms. The molecule has 2 aromatic carbocycles. The average molecular weight is 552 g/mol. The molecule has 1 saturated heterocycles. The fourth-order valence-electron chi connectivity index (χ4n) is 4.67. The molecule has 4 rings (SSSR count). The van der Waals surface area contributed by atoms with Gasteiger partial charge in [0.2, 0.25) is 11.8 Å². The van der Waals surface area contributed by atoms with E-state index in [-0.39, 0.29) is 29.2 Å². The van der Waals surface area contributed by atoms with Crippen LogP contribution >= 0.6 is 0 Å². The minimum Gasteiger partial charge on any atom is -0.343 e. The Kier molecular flexibility index (Phi) is 9.05. The van der Waals surface area contributed by atoms with Crippen LogP contribution in [0.4, 0.5) is 0 Å². The Hall–Kier alpha value is -3.67. The number of hydrogen-bond acceptors (Lipinski definition) is 7. The summed E-state index contributed by atoms with van der Waals surface area (Å²) < 4.78 is 32.1. The van der Waals surface area contributed by atoms with E-state index in [1.807, 2.05) is 30.3 Å². The van der Waals surface area contributed by atoms with Gasteiger partial charge in [0.15, 0.2) is 0 Å². The minimum absolute atomic E-state index is 0.149. The number of nitrogens with one attached hydrogen (secondary N) is 2. The van der Waals surface area contributed by atoms with Crippen molar-refractivity contribution < 1.29 is 22.6 Å². The molecule has 0 bridgehead atoms. The van der Waals surface area contributed by atoms with Gasteiger partial charge < -0.3 is 15.5 Å². The second-order valence-corrected chi connectivity index (χ2v) is 11.1. The van der Waals surface area contributed by atoms with Gasteiger partial charge in [0.05, 0.1) is 34.6 Å². The zero-order valence-electron chi connectivity index (χ0n) is 21.9. The summed E-state index contributed by atoms with van der Waals surface area (Å²) in [5.41, 5.74) is 3.27. The molecule has 1 aliphatic rings. The molecule has 0 unspecified atom stereocenters. The third-order valence-corrected chi connectivity index (χ3v) is 7.78. The van der Waals surface area contributed by atoms with Gasteiger partial charge in [0.1, 0.15) is 6.04 Å². The SMILES string of the molecule is CN[C@@H](C)C(=O)N[C@@H](Cc1ccc(S(=O)(=O)O)cc1)C(=O)N1CCC[C@@H]1c1cncc(Cc2ccccc2)n1. The lowest BCUT2D eigenvalue weighted by Gasteiger charge is -2.30. The first-order chi connectivity index (χ1) is 18.7. The summed E-state index contributed by atoms with van der Waals surface area (Å²) >= 11 is 0. The van der Waals surface area contributed by atoms with Crippen LogP contribution in [-0.2, 0) is 32.5 Å². The monoisotopic (exact) mass is 551 g/mol. The minimum atomic E-state index is -4.34. The number of rotatable bonds is 10. The molecule has 206 valence electrons. The lowest BCUT2D eigenvalue weighted by Crippen LogP contribution is -2.53. The Bertz CT molecular complexity index is 1400. The van der Waals surface area contributed by atoms with Crippen molar-refractivity contribution in [1.29, 1.82) is 0 Å². The van der Waals surface area contributed by atoms with Crippen LogP contribution in [0.1, 0.15) is 48.3 Å². The van der Waals surface area contributed by atoms with E-state index in [0.29, 0.717) is 24.2 Å². The highest BCUT2D eigenvalue weighted by Gasteiger charge is 2.36. The molecule has 10 nitrogen and oxygen atoms in total. The quantitative estimate of drug-likeness (QED) is 0.326. The zero-order valence-corrected chi connectivity index (χ0v) is 22.8. The number of aromatic nitrogens is 2. The molecule has 3 atom stereocenters. The number of benzene rings is 2. The molecule has 0 spiro atoms. The maximum absolute atomic E-state index is 13.9. The molecule has 3 N–H and O–H groups in total. The van der Waals surface area contributed by atoms with Crippen molar-refractivity contribution in [3.63, 3.8) is 0 Å². The number of likely N-dealkylation sites (N-methyl/N-ethyl adjacent to an activating group) is 1. The number of nitrogens with zero attached hydrogens (tertiary/aromatic N) is 3. The molecule has 2 heterocycles. The Morgan fingerprint density at radius 2 is 1.79 bits per heavy atom. The summed E-state index contributed by atoms with van der Waals surface area (Å²) in [7, 11) is -2.68. The molecular weight excluding hydrogens is 518 g/mol. The lowest BCUT2D eigenvalue weighted by atomic mass is 10.0. The Balaban J connectivity index is 1.56. The number of carbonyl (C=O) groups excluding carboxylic acids is 2. The fraction of sp³-hybridized carbons (Fsp3) is 0.357. The third kappa shape index (κ3) is 7.25. The number of likely N-dealkylation sites (tertiary alicyclic amines) is 1. The molecular formula is C28H33N5O5S. The van der Waals surface area contributed by atoms with E-state index in [1.165, 1.54) is 24.3 Å². The number of carbonyl (C=O) groups is 2. The Morgan fingerprint density at radius 1 is 1.08 bits per heavy atom.